The minimum absolute atomic E-state index is 0.0445. The first-order chi connectivity index (χ1) is 9.41. The molecule has 106 valence electrons. The van der Waals surface area contributed by atoms with E-state index in [0.29, 0.717) is 16.3 Å². The molecule has 0 bridgehead atoms. The van der Waals surface area contributed by atoms with Crippen molar-refractivity contribution in [2.24, 2.45) is 0 Å². The number of nitrogens with zero attached hydrogens (tertiary/aromatic N) is 3. The quantitative estimate of drug-likeness (QED) is 0.854. The zero-order valence-electron chi connectivity index (χ0n) is 10.6. The summed E-state index contributed by atoms with van der Waals surface area (Å²) in [5.41, 5.74) is 6.77. The molecule has 0 spiro atoms. The lowest BCUT2D eigenvalue weighted by atomic mass is 10.1. The lowest BCUT2D eigenvalue weighted by molar-refractivity contribution is 0.170. The van der Waals surface area contributed by atoms with Gasteiger partial charge in [0.05, 0.1) is 27.5 Å². The molecule has 2 aromatic rings. The minimum atomic E-state index is -0.574. The van der Waals surface area contributed by atoms with Crippen molar-refractivity contribution in [2.45, 2.75) is 0 Å². The second-order valence-corrected chi connectivity index (χ2v) is 5.32. The molecule has 0 atom stereocenters. The number of hydrogen-bond donors (Lipinski definition) is 1. The van der Waals surface area contributed by atoms with Crippen molar-refractivity contribution in [2.75, 3.05) is 19.8 Å². The summed E-state index contributed by atoms with van der Waals surface area (Å²) in [6.07, 6.45) is -0.574. The van der Waals surface area contributed by atoms with E-state index in [4.69, 9.17) is 33.7 Å². The van der Waals surface area contributed by atoms with E-state index < -0.39 is 6.09 Å². The Morgan fingerprint density at radius 3 is 2.70 bits per heavy atom. The predicted octanol–water partition coefficient (Wildman–Crippen LogP) is 3.15. The van der Waals surface area contributed by atoms with Gasteiger partial charge in [-0.3, -0.25) is 0 Å². The molecule has 6 nitrogen and oxygen atoms in total. The number of aromatic nitrogens is 2. The third-order valence-corrected chi connectivity index (χ3v) is 3.60. The molecule has 1 amide bonds. The van der Waals surface area contributed by atoms with Crippen LogP contribution < -0.4 is 10.5 Å². The molecular formula is C11H10Cl2N4O2S. The average Bonchev–Trinajstić information content (AvgIpc) is 2.82. The Morgan fingerprint density at radius 1 is 1.35 bits per heavy atom. The van der Waals surface area contributed by atoms with Crippen LogP contribution in [0.15, 0.2) is 12.1 Å². The van der Waals surface area contributed by atoms with Gasteiger partial charge >= 0.3 is 6.09 Å². The van der Waals surface area contributed by atoms with Crippen LogP contribution in [-0.2, 0) is 0 Å². The maximum Gasteiger partial charge on any atom is 0.416 e. The smallest absolute Gasteiger partial charge is 0.398 e. The summed E-state index contributed by atoms with van der Waals surface area (Å²) in [7, 11) is 3.12. The topological polar surface area (TPSA) is 81.3 Å². The van der Waals surface area contributed by atoms with Crippen LogP contribution >= 0.6 is 34.9 Å². The van der Waals surface area contributed by atoms with E-state index in [-0.39, 0.29) is 16.6 Å². The number of halogens is 2. The molecule has 2 N–H and O–H groups in total. The van der Waals surface area contributed by atoms with Crippen LogP contribution in [0.2, 0.25) is 10.0 Å². The van der Waals surface area contributed by atoms with E-state index in [9.17, 15) is 4.79 Å². The summed E-state index contributed by atoms with van der Waals surface area (Å²) < 4.78 is 13.1. The molecule has 0 aliphatic heterocycles. The second-order valence-electron chi connectivity index (χ2n) is 4.01. The molecule has 0 aliphatic carbocycles. The Hall–Kier alpha value is -1.57. The number of nitrogens with two attached hydrogens (primary N) is 1. The molecule has 0 saturated carbocycles. The maximum atomic E-state index is 11.6. The Balaban J connectivity index is 2.48. The van der Waals surface area contributed by atoms with Crippen molar-refractivity contribution in [1.82, 2.24) is 13.6 Å². The number of carbonyl (C=O) groups is 1. The van der Waals surface area contributed by atoms with Gasteiger partial charge in [0.1, 0.15) is 0 Å². The normalized spacial score (nSPS) is 10.4. The van der Waals surface area contributed by atoms with Gasteiger partial charge in [-0.25, -0.2) is 4.79 Å². The SMILES string of the molecule is CN(C)C(=O)Oc1nsnc1-c1c(Cl)ccc(N)c1Cl. The van der Waals surface area contributed by atoms with Crippen molar-refractivity contribution in [3.05, 3.63) is 22.2 Å². The van der Waals surface area contributed by atoms with Gasteiger partial charge in [0.25, 0.3) is 5.88 Å². The first-order valence-corrected chi connectivity index (χ1v) is 6.86. The Kier molecular flexibility index (Phi) is 4.32. The maximum absolute atomic E-state index is 11.6. The minimum Gasteiger partial charge on any atom is -0.398 e. The predicted molar refractivity (Wildman–Crippen MR) is 79.5 cm³/mol. The van der Waals surface area contributed by atoms with Gasteiger partial charge in [0, 0.05) is 19.7 Å². The third kappa shape index (κ3) is 2.79. The van der Waals surface area contributed by atoms with E-state index in [1.807, 2.05) is 0 Å². The van der Waals surface area contributed by atoms with Crippen molar-refractivity contribution in [1.29, 1.82) is 0 Å². The summed E-state index contributed by atoms with van der Waals surface area (Å²) in [4.78, 5) is 12.8. The number of benzene rings is 1. The van der Waals surface area contributed by atoms with Crippen LogP contribution in [0, 0.1) is 0 Å². The van der Waals surface area contributed by atoms with Crippen LogP contribution in [0.25, 0.3) is 11.3 Å². The van der Waals surface area contributed by atoms with Crippen molar-refractivity contribution in [3.63, 3.8) is 0 Å². The molecule has 1 heterocycles. The van der Waals surface area contributed by atoms with Crippen LogP contribution in [-0.4, -0.2) is 33.8 Å². The highest BCUT2D eigenvalue weighted by atomic mass is 35.5. The second kappa shape index (κ2) is 5.82. The lowest BCUT2D eigenvalue weighted by Gasteiger charge is -2.11. The first-order valence-electron chi connectivity index (χ1n) is 5.37. The van der Waals surface area contributed by atoms with Crippen molar-refractivity contribution in [3.8, 4) is 17.1 Å². The van der Waals surface area contributed by atoms with Gasteiger partial charge in [-0.1, -0.05) is 23.2 Å². The van der Waals surface area contributed by atoms with Gasteiger partial charge < -0.3 is 15.4 Å². The monoisotopic (exact) mass is 332 g/mol. The molecule has 2 rings (SSSR count). The fourth-order valence-electron chi connectivity index (χ4n) is 1.36. The number of ether oxygens (including phenoxy) is 1. The number of anilines is 1. The van der Waals surface area contributed by atoms with E-state index >= 15 is 0 Å². The zero-order chi connectivity index (χ0) is 14.9. The molecule has 1 aromatic carbocycles. The molecule has 20 heavy (non-hydrogen) atoms. The average molecular weight is 333 g/mol. The van der Waals surface area contributed by atoms with Crippen LogP contribution in [0.4, 0.5) is 10.5 Å². The Morgan fingerprint density at radius 2 is 2.05 bits per heavy atom. The van der Waals surface area contributed by atoms with E-state index in [1.165, 1.54) is 4.90 Å². The molecule has 0 fully saturated rings. The molecule has 1 aromatic heterocycles. The summed E-state index contributed by atoms with van der Waals surface area (Å²) in [6, 6.07) is 3.18. The van der Waals surface area contributed by atoms with Crippen LogP contribution in [0.5, 0.6) is 5.88 Å². The molecule has 9 heteroatoms. The first kappa shape index (κ1) is 14.8. The van der Waals surface area contributed by atoms with Gasteiger partial charge in [0.15, 0.2) is 5.69 Å². The van der Waals surface area contributed by atoms with Gasteiger partial charge in [-0.05, 0) is 12.1 Å². The standard InChI is InChI=1S/C11H10Cl2N4O2S/c1-17(2)11(18)19-10-9(15-20-16-10)7-5(12)3-4-6(14)8(7)13/h3-4H,14H2,1-2H3. The van der Waals surface area contributed by atoms with E-state index in [2.05, 4.69) is 8.75 Å². The number of amides is 1. The Bertz CT molecular complexity index is 660. The van der Waals surface area contributed by atoms with Crippen LogP contribution in [0.1, 0.15) is 0 Å². The highest BCUT2D eigenvalue weighted by molar-refractivity contribution is 6.99. The fraction of sp³-hybridized carbons (Fsp3) is 0.182. The number of hydrogen-bond acceptors (Lipinski definition) is 6. The molecular weight excluding hydrogens is 323 g/mol. The van der Waals surface area contributed by atoms with Gasteiger partial charge in [-0.15, -0.1) is 4.37 Å². The van der Waals surface area contributed by atoms with Crippen molar-refractivity contribution < 1.29 is 9.53 Å². The fourth-order valence-corrected chi connectivity index (χ4v) is 2.40. The largest absolute Gasteiger partial charge is 0.416 e. The van der Waals surface area contributed by atoms with E-state index in [0.717, 1.165) is 11.7 Å². The van der Waals surface area contributed by atoms with Crippen molar-refractivity contribution >= 4 is 46.7 Å². The number of rotatable bonds is 2. The van der Waals surface area contributed by atoms with Crippen LogP contribution in [0.3, 0.4) is 0 Å². The summed E-state index contributed by atoms with van der Waals surface area (Å²) in [5, 5.41) is 0.589. The van der Waals surface area contributed by atoms with Gasteiger partial charge in [0.2, 0.25) is 0 Å². The molecule has 0 unspecified atom stereocenters. The highest BCUT2D eigenvalue weighted by Gasteiger charge is 2.22. The molecule has 0 saturated heterocycles. The lowest BCUT2D eigenvalue weighted by Crippen LogP contribution is -2.25. The highest BCUT2D eigenvalue weighted by Crippen LogP contribution is 2.41. The zero-order valence-corrected chi connectivity index (χ0v) is 12.9. The third-order valence-electron chi connectivity index (χ3n) is 2.37. The molecule has 0 aliphatic rings. The summed E-state index contributed by atoms with van der Waals surface area (Å²) >= 11 is 13.1. The number of nitrogen functional groups attached to an aromatic ring is 1. The summed E-state index contributed by atoms with van der Waals surface area (Å²) in [5.74, 6) is 0.0445. The summed E-state index contributed by atoms with van der Waals surface area (Å²) in [6.45, 7) is 0. The van der Waals surface area contributed by atoms with Gasteiger partial charge in [-0.2, -0.15) is 4.37 Å². The Labute approximate surface area is 129 Å². The molecule has 0 radical (unpaired) electrons. The van der Waals surface area contributed by atoms with E-state index in [1.54, 1.807) is 26.2 Å². The number of carbonyl (C=O) groups excluding carboxylic acids is 1.